The maximum Gasteiger partial charge on any atom is 0.0826 e. The van der Waals surface area contributed by atoms with Crippen molar-refractivity contribution in [3.8, 4) is 0 Å². The van der Waals surface area contributed by atoms with E-state index in [1.165, 1.54) is 32.1 Å². The van der Waals surface area contributed by atoms with Crippen LogP contribution in [0.2, 0.25) is 0 Å². The van der Waals surface area contributed by atoms with E-state index in [9.17, 15) is 5.11 Å². The molecule has 0 heterocycles. The van der Waals surface area contributed by atoms with Crippen molar-refractivity contribution in [1.82, 2.24) is 0 Å². The monoisotopic (exact) mass is 298 g/mol. The molecule has 1 aromatic rings. The zero-order chi connectivity index (χ0) is 15.5. The maximum atomic E-state index is 11.2. The van der Waals surface area contributed by atoms with E-state index in [4.69, 9.17) is 0 Å². The molecule has 0 amide bonds. The molecule has 0 unspecified atom stereocenters. The molecule has 0 aliphatic heterocycles. The fourth-order valence-corrected chi connectivity index (χ4v) is 6.93. The standard InChI is InChI=1S/C21H30O/c1-20(2)12-7-13-21(3)16-11-10-15(17(16)20)18(21)19(22)14-8-5-4-6-9-14/h4-6,8-9,15-19,22H,7,10-13H2,1-3H3/t15-,16+,17+,18+,19+,21-/m0/s1. The van der Waals surface area contributed by atoms with E-state index in [1.807, 2.05) is 6.07 Å². The summed E-state index contributed by atoms with van der Waals surface area (Å²) in [5.74, 6) is 2.83. The number of rotatable bonds is 2. The minimum absolute atomic E-state index is 0.280. The molecule has 0 radical (unpaired) electrons. The smallest absolute Gasteiger partial charge is 0.0826 e. The zero-order valence-corrected chi connectivity index (χ0v) is 14.3. The Labute approximate surface area is 135 Å². The SMILES string of the molecule is CC1(C)CCC[C@]2(C)[C@@H]([C@H](O)c3ccccc3)[C@H]3CC[C@@H]2[C@@H]31. The molecule has 3 aliphatic carbocycles. The van der Waals surface area contributed by atoms with E-state index < -0.39 is 0 Å². The molecule has 4 rings (SSSR count). The van der Waals surface area contributed by atoms with E-state index in [1.54, 1.807) is 0 Å². The summed E-state index contributed by atoms with van der Waals surface area (Å²) in [4.78, 5) is 0. The highest BCUT2D eigenvalue weighted by Crippen LogP contribution is 2.72. The first kappa shape index (κ1) is 14.8. The summed E-state index contributed by atoms with van der Waals surface area (Å²) in [7, 11) is 0. The van der Waals surface area contributed by atoms with Gasteiger partial charge in [-0.15, -0.1) is 0 Å². The van der Waals surface area contributed by atoms with Crippen LogP contribution in [0.3, 0.4) is 0 Å². The Kier molecular flexibility index (Phi) is 3.24. The Bertz CT molecular complexity index is 548. The molecule has 4 bridgehead atoms. The van der Waals surface area contributed by atoms with Crippen LogP contribution in [0, 0.1) is 34.5 Å². The average Bonchev–Trinajstić information content (AvgIpc) is 2.99. The van der Waals surface area contributed by atoms with Crippen LogP contribution >= 0.6 is 0 Å². The van der Waals surface area contributed by atoms with Gasteiger partial charge in [-0.2, -0.15) is 0 Å². The molecule has 1 heteroatoms. The van der Waals surface area contributed by atoms with Gasteiger partial charge in [-0.1, -0.05) is 57.5 Å². The molecule has 3 saturated carbocycles. The van der Waals surface area contributed by atoms with Crippen molar-refractivity contribution in [2.75, 3.05) is 0 Å². The van der Waals surface area contributed by atoms with Crippen LogP contribution in [0.1, 0.15) is 64.5 Å². The summed E-state index contributed by atoms with van der Waals surface area (Å²) >= 11 is 0. The summed E-state index contributed by atoms with van der Waals surface area (Å²) in [5.41, 5.74) is 1.93. The highest BCUT2D eigenvalue weighted by molar-refractivity contribution is 5.23. The lowest BCUT2D eigenvalue weighted by Gasteiger charge is -2.44. The number of benzene rings is 1. The molecular weight excluding hydrogens is 268 g/mol. The lowest BCUT2D eigenvalue weighted by atomic mass is 9.62. The Morgan fingerprint density at radius 3 is 2.50 bits per heavy atom. The van der Waals surface area contributed by atoms with Crippen LogP contribution in [-0.4, -0.2) is 5.11 Å². The first-order valence-corrected chi connectivity index (χ1v) is 9.18. The van der Waals surface area contributed by atoms with Crippen molar-refractivity contribution in [2.24, 2.45) is 34.5 Å². The van der Waals surface area contributed by atoms with E-state index in [-0.39, 0.29) is 6.10 Å². The lowest BCUT2D eigenvalue weighted by molar-refractivity contribution is -0.0229. The Hall–Kier alpha value is -0.820. The van der Waals surface area contributed by atoms with E-state index >= 15 is 0 Å². The number of aliphatic hydroxyl groups is 1. The van der Waals surface area contributed by atoms with Gasteiger partial charge in [0.1, 0.15) is 0 Å². The number of hydrogen-bond donors (Lipinski definition) is 1. The predicted octanol–water partition coefficient (Wildman–Crippen LogP) is 5.21. The van der Waals surface area contributed by atoms with E-state index in [0.29, 0.717) is 16.7 Å². The first-order valence-electron chi connectivity index (χ1n) is 9.18. The fourth-order valence-electron chi connectivity index (χ4n) is 6.93. The fraction of sp³-hybridized carbons (Fsp3) is 0.714. The molecule has 0 saturated heterocycles. The van der Waals surface area contributed by atoms with Crippen molar-refractivity contribution < 1.29 is 5.11 Å². The average molecular weight is 298 g/mol. The molecule has 120 valence electrons. The zero-order valence-electron chi connectivity index (χ0n) is 14.3. The van der Waals surface area contributed by atoms with Gasteiger partial charge in [0.25, 0.3) is 0 Å². The minimum atomic E-state index is -0.280. The second-order valence-electron chi connectivity index (χ2n) is 9.10. The third kappa shape index (κ3) is 1.87. The van der Waals surface area contributed by atoms with Gasteiger partial charge in [-0.25, -0.2) is 0 Å². The second-order valence-corrected chi connectivity index (χ2v) is 9.10. The van der Waals surface area contributed by atoms with Gasteiger partial charge in [0.2, 0.25) is 0 Å². The molecule has 3 fully saturated rings. The van der Waals surface area contributed by atoms with Crippen LogP contribution in [0.25, 0.3) is 0 Å². The summed E-state index contributed by atoms with van der Waals surface area (Å²) in [6.07, 6.45) is 6.46. The third-order valence-electron chi connectivity index (χ3n) is 7.70. The van der Waals surface area contributed by atoms with E-state index in [2.05, 4.69) is 45.0 Å². The van der Waals surface area contributed by atoms with Gasteiger partial charge in [0.05, 0.1) is 6.10 Å². The number of hydrogen-bond acceptors (Lipinski definition) is 1. The van der Waals surface area contributed by atoms with Gasteiger partial charge in [0, 0.05) is 0 Å². The molecule has 22 heavy (non-hydrogen) atoms. The van der Waals surface area contributed by atoms with Crippen LogP contribution in [0.15, 0.2) is 30.3 Å². The molecule has 1 aromatic carbocycles. The summed E-state index contributed by atoms with van der Waals surface area (Å²) in [5, 5.41) is 11.2. The molecule has 0 spiro atoms. The molecule has 6 atom stereocenters. The van der Waals surface area contributed by atoms with Gasteiger partial charge in [-0.05, 0) is 65.7 Å². The topological polar surface area (TPSA) is 20.2 Å². The lowest BCUT2D eigenvalue weighted by Crippen LogP contribution is -2.37. The van der Waals surface area contributed by atoms with Gasteiger partial charge in [-0.3, -0.25) is 0 Å². The Morgan fingerprint density at radius 1 is 1.05 bits per heavy atom. The van der Waals surface area contributed by atoms with Crippen molar-refractivity contribution in [3.05, 3.63) is 35.9 Å². The summed E-state index contributed by atoms with van der Waals surface area (Å²) < 4.78 is 0. The highest BCUT2D eigenvalue weighted by Gasteiger charge is 2.66. The molecular formula is C21H30O. The summed E-state index contributed by atoms with van der Waals surface area (Å²) in [6.45, 7) is 7.49. The van der Waals surface area contributed by atoms with Crippen LogP contribution in [0.4, 0.5) is 0 Å². The first-order chi connectivity index (χ1) is 10.5. The van der Waals surface area contributed by atoms with Crippen molar-refractivity contribution in [1.29, 1.82) is 0 Å². The quantitative estimate of drug-likeness (QED) is 0.794. The van der Waals surface area contributed by atoms with E-state index in [0.717, 1.165) is 23.3 Å². The van der Waals surface area contributed by atoms with Crippen molar-refractivity contribution >= 4 is 0 Å². The minimum Gasteiger partial charge on any atom is -0.388 e. The largest absolute Gasteiger partial charge is 0.388 e. The Balaban J connectivity index is 1.75. The molecule has 0 aromatic heterocycles. The molecule has 1 N–H and O–H groups in total. The van der Waals surface area contributed by atoms with Gasteiger partial charge >= 0.3 is 0 Å². The normalized spacial score (nSPS) is 43.8. The van der Waals surface area contributed by atoms with Crippen molar-refractivity contribution in [3.63, 3.8) is 0 Å². The molecule has 3 aliphatic rings. The molecule has 1 nitrogen and oxygen atoms in total. The van der Waals surface area contributed by atoms with Gasteiger partial charge < -0.3 is 5.11 Å². The van der Waals surface area contributed by atoms with Crippen LogP contribution in [-0.2, 0) is 0 Å². The van der Waals surface area contributed by atoms with Gasteiger partial charge in [0.15, 0.2) is 0 Å². The summed E-state index contributed by atoms with van der Waals surface area (Å²) in [6, 6.07) is 10.4. The van der Waals surface area contributed by atoms with Crippen molar-refractivity contribution in [2.45, 2.75) is 59.0 Å². The number of aliphatic hydroxyl groups excluding tert-OH is 1. The maximum absolute atomic E-state index is 11.2. The Morgan fingerprint density at radius 2 is 1.77 bits per heavy atom. The highest BCUT2D eigenvalue weighted by atomic mass is 16.3. The second kappa shape index (κ2) is 4.84. The van der Waals surface area contributed by atoms with Crippen LogP contribution < -0.4 is 0 Å². The third-order valence-corrected chi connectivity index (χ3v) is 7.70. The predicted molar refractivity (Wildman–Crippen MR) is 90.3 cm³/mol. The van der Waals surface area contributed by atoms with Crippen LogP contribution in [0.5, 0.6) is 0 Å².